The summed E-state index contributed by atoms with van der Waals surface area (Å²) in [6, 6.07) is 17.6. The quantitative estimate of drug-likeness (QED) is 0.233. The van der Waals surface area contributed by atoms with Gasteiger partial charge in [-0.3, -0.25) is 0 Å². The van der Waals surface area contributed by atoms with Gasteiger partial charge in [0.25, 0.3) is 0 Å². The second-order valence-electron chi connectivity index (χ2n) is 8.20. The molecule has 0 saturated carbocycles. The maximum Gasteiger partial charge on any atom is 0.338 e. The van der Waals surface area contributed by atoms with Gasteiger partial charge in [0.05, 0.1) is 28.9 Å². The van der Waals surface area contributed by atoms with Gasteiger partial charge in [0.2, 0.25) is 5.95 Å². The standard InChI is InChI=1S/C26H29N5O2/c1-6-30-24-13-8-7-12-23(24)28-26(30)29-27-16-21-14-18(4)31(19(21)5)22-11-9-10-20(15-22)25(32)33-17(2)3/h7-17H,6H2,1-5H3,(H,28,29)/b27-16-. The van der Waals surface area contributed by atoms with E-state index in [1.165, 1.54) is 0 Å². The molecule has 0 aliphatic rings. The van der Waals surface area contributed by atoms with Crippen LogP contribution in [0.4, 0.5) is 5.95 Å². The van der Waals surface area contributed by atoms with Crippen LogP contribution in [0.3, 0.4) is 0 Å². The molecule has 0 saturated heterocycles. The highest BCUT2D eigenvalue weighted by Crippen LogP contribution is 2.22. The molecule has 2 aromatic heterocycles. The number of carbonyl (C=O) groups excluding carboxylic acids is 1. The highest BCUT2D eigenvalue weighted by Gasteiger charge is 2.14. The molecule has 0 aliphatic carbocycles. The van der Waals surface area contributed by atoms with Crippen molar-refractivity contribution in [3.05, 3.63) is 77.1 Å². The van der Waals surface area contributed by atoms with Crippen LogP contribution in [0.15, 0.2) is 59.7 Å². The van der Waals surface area contributed by atoms with Gasteiger partial charge in [-0.2, -0.15) is 5.10 Å². The fourth-order valence-corrected chi connectivity index (χ4v) is 4.01. The van der Waals surface area contributed by atoms with Crippen molar-refractivity contribution >= 4 is 29.2 Å². The summed E-state index contributed by atoms with van der Waals surface area (Å²) in [7, 11) is 0. The molecule has 33 heavy (non-hydrogen) atoms. The predicted octanol–water partition coefficient (Wildman–Crippen LogP) is 5.47. The van der Waals surface area contributed by atoms with Crippen LogP contribution in [0.25, 0.3) is 16.7 Å². The van der Waals surface area contributed by atoms with Crippen molar-refractivity contribution in [1.82, 2.24) is 14.1 Å². The van der Waals surface area contributed by atoms with Gasteiger partial charge in [0.1, 0.15) is 0 Å². The minimum atomic E-state index is -0.320. The number of rotatable bonds is 7. The van der Waals surface area contributed by atoms with Crippen LogP contribution in [0, 0.1) is 13.8 Å². The fourth-order valence-electron chi connectivity index (χ4n) is 4.01. The molecule has 2 heterocycles. The number of esters is 1. The maximum atomic E-state index is 12.3. The summed E-state index contributed by atoms with van der Waals surface area (Å²) in [5.41, 5.74) is 9.59. The molecule has 4 rings (SSSR count). The third-order valence-corrected chi connectivity index (χ3v) is 5.49. The summed E-state index contributed by atoms with van der Waals surface area (Å²) in [6.07, 6.45) is 1.64. The van der Waals surface area contributed by atoms with Gasteiger partial charge in [-0.15, -0.1) is 0 Å². The topological polar surface area (TPSA) is 73.4 Å². The van der Waals surface area contributed by atoms with Gasteiger partial charge in [0.15, 0.2) is 0 Å². The van der Waals surface area contributed by atoms with E-state index < -0.39 is 0 Å². The number of fused-ring (bicyclic) bond motifs is 1. The third kappa shape index (κ3) is 4.53. The minimum Gasteiger partial charge on any atom is -0.459 e. The van der Waals surface area contributed by atoms with E-state index in [4.69, 9.17) is 4.74 Å². The molecule has 0 spiro atoms. The molecule has 4 aromatic rings. The van der Waals surface area contributed by atoms with Gasteiger partial charge in [-0.05, 0) is 71.0 Å². The third-order valence-electron chi connectivity index (χ3n) is 5.49. The lowest BCUT2D eigenvalue weighted by molar-refractivity contribution is 0.0378. The molecule has 2 aromatic carbocycles. The van der Waals surface area contributed by atoms with Crippen LogP contribution < -0.4 is 5.43 Å². The number of hydrazone groups is 1. The number of hydrogen-bond acceptors (Lipinski definition) is 5. The Morgan fingerprint density at radius 1 is 1.15 bits per heavy atom. The van der Waals surface area contributed by atoms with E-state index >= 15 is 0 Å². The van der Waals surface area contributed by atoms with Gasteiger partial charge in [-0.25, -0.2) is 15.2 Å². The average Bonchev–Trinajstić information content (AvgIpc) is 3.29. The Morgan fingerprint density at radius 2 is 1.94 bits per heavy atom. The summed E-state index contributed by atoms with van der Waals surface area (Å²) < 4.78 is 9.54. The van der Waals surface area contributed by atoms with E-state index in [0.717, 1.165) is 40.2 Å². The number of carbonyl (C=O) groups is 1. The van der Waals surface area contributed by atoms with Crippen LogP contribution in [-0.2, 0) is 11.3 Å². The lowest BCUT2D eigenvalue weighted by atomic mass is 10.2. The van der Waals surface area contributed by atoms with E-state index in [2.05, 4.69) is 43.7 Å². The van der Waals surface area contributed by atoms with Gasteiger partial charge < -0.3 is 13.9 Å². The smallest absolute Gasteiger partial charge is 0.338 e. The Hall–Kier alpha value is -3.87. The monoisotopic (exact) mass is 443 g/mol. The number of imidazole rings is 1. The molecule has 7 nitrogen and oxygen atoms in total. The number of aromatic nitrogens is 3. The lowest BCUT2D eigenvalue weighted by Crippen LogP contribution is -2.12. The number of anilines is 1. The molecule has 0 aliphatic heterocycles. The number of nitrogens with zero attached hydrogens (tertiary/aromatic N) is 4. The number of para-hydroxylation sites is 2. The maximum absolute atomic E-state index is 12.3. The first-order chi connectivity index (χ1) is 15.9. The first-order valence-corrected chi connectivity index (χ1v) is 11.1. The van der Waals surface area contributed by atoms with Crippen molar-refractivity contribution in [2.75, 3.05) is 5.43 Å². The fraction of sp³-hybridized carbons (Fsp3) is 0.269. The molecule has 0 fully saturated rings. The van der Waals surface area contributed by atoms with Gasteiger partial charge in [0, 0.05) is 29.2 Å². The number of aryl methyl sites for hydroxylation is 2. The average molecular weight is 444 g/mol. The first-order valence-electron chi connectivity index (χ1n) is 11.1. The van der Waals surface area contributed by atoms with Crippen LogP contribution in [0.5, 0.6) is 0 Å². The molecular formula is C26H29N5O2. The Morgan fingerprint density at radius 3 is 2.70 bits per heavy atom. The molecular weight excluding hydrogens is 414 g/mol. The summed E-state index contributed by atoms with van der Waals surface area (Å²) in [4.78, 5) is 17.0. The predicted molar refractivity (Wildman–Crippen MR) is 132 cm³/mol. The van der Waals surface area contributed by atoms with Crippen LogP contribution in [0.2, 0.25) is 0 Å². The van der Waals surface area contributed by atoms with E-state index in [-0.39, 0.29) is 12.1 Å². The molecule has 0 unspecified atom stereocenters. The van der Waals surface area contributed by atoms with Gasteiger partial charge in [-0.1, -0.05) is 18.2 Å². The van der Waals surface area contributed by atoms with E-state index in [1.807, 2.05) is 64.1 Å². The van der Waals surface area contributed by atoms with Crippen LogP contribution >= 0.6 is 0 Å². The normalized spacial score (nSPS) is 11.6. The van der Waals surface area contributed by atoms with E-state index in [1.54, 1.807) is 12.3 Å². The molecule has 0 amide bonds. The highest BCUT2D eigenvalue weighted by molar-refractivity contribution is 5.90. The molecule has 7 heteroatoms. The van der Waals surface area contributed by atoms with Crippen molar-refractivity contribution < 1.29 is 9.53 Å². The van der Waals surface area contributed by atoms with Crippen molar-refractivity contribution in [2.45, 2.75) is 47.3 Å². The second-order valence-corrected chi connectivity index (χ2v) is 8.20. The minimum absolute atomic E-state index is 0.160. The number of benzene rings is 2. The summed E-state index contributed by atoms with van der Waals surface area (Å²) >= 11 is 0. The number of nitrogens with one attached hydrogen (secondary N) is 1. The Labute approximate surface area is 193 Å². The zero-order valence-corrected chi connectivity index (χ0v) is 19.7. The van der Waals surface area contributed by atoms with Crippen molar-refractivity contribution in [1.29, 1.82) is 0 Å². The first kappa shape index (κ1) is 22.3. The SMILES string of the molecule is CCn1c(N/N=C\c2cc(C)n(-c3cccc(C(=O)OC(C)C)c3)c2C)nc2ccccc21. The molecule has 170 valence electrons. The molecule has 0 atom stereocenters. The van der Waals surface area contributed by atoms with Crippen molar-refractivity contribution in [3.63, 3.8) is 0 Å². The second kappa shape index (κ2) is 9.32. The number of ether oxygens (including phenoxy) is 1. The highest BCUT2D eigenvalue weighted by atomic mass is 16.5. The van der Waals surface area contributed by atoms with E-state index in [9.17, 15) is 4.79 Å². The molecule has 0 bridgehead atoms. The number of hydrogen-bond donors (Lipinski definition) is 1. The molecule has 1 N–H and O–H groups in total. The Balaban J connectivity index is 1.59. The van der Waals surface area contributed by atoms with Crippen LogP contribution in [-0.4, -0.2) is 32.4 Å². The van der Waals surface area contributed by atoms with Crippen LogP contribution in [0.1, 0.15) is 48.1 Å². The zero-order valence-electron chi connectivity index (χ0n) is 19.7. The Bertz CT molecular complexity index is 1330. The molecule has 0 radical (unpaired) electrons. The Kier molecular flexibility index (Phi) is 6.31. The van der Waals surface area contributed by atoms with Gasteiger partial charge >= 0.3 is 5.97 Å². The summed E-state index contributed by atoms with van der Waals surface area (Å²) in [5.74, 6) is 0.388. The lowest BCUT2D eigenvalue weighted by Gasteiger charge is -2.12. The largest absolute Gasteiger partial charge is 0.459 e. The zero-order chi connectivity index (χ0) is 23.5. The van der Waals surface area contributed by atoms with Crippen molar-refractivity contribution in [3.8, 4) is 5.69 Å². The van der Waals surface area contributed by atoms with Crippen molar-refractivity contribution in [2.24, 2.45) is 5.10 Å². The van der Waals surface area contributed by atoms with E-state index in [0.29, 0.717) is 11.5 Å². The summed E-state index contributed by atoms with van der Waals surface area (Å²) in [5, 5.41) is 4.46. The summed E-state index contributed by atoms with van der Waals surface area (Å²) in [6.45, 7) is 10.6.